The van der Waals surface area contributed by atoms with Crippen LogP contribution in [0, 0.1) is 10.1 Å². The van der Waals surface area contributed by atoms with Crippen LogP contribution in [0.3, 0.4) is 0 Å². The number of nitrogens with zero attached hydrogens (tertiary/aromatic N) is 1. The Bertz CT molecular complexity index is 638. The molecular weight excluding hydrogens is 266 g/mol. The molecule has 1 amide bonds. The van der Waals surface area contributed by atoms with Crippen molar-refractivity contribution in [2.75, 3.05) is 6.54 Å². The fraction of sp³-hybridized carbons (Fsp3) is 0.250. The molecule has 0 aliphatic carbocycles. The summed E-state index contributed by atoms with van der Waals surface area (Å²) in [5, 5.41) is 14.1. The van der Waals surface area contributed by atoms with Crippen molar-refractivity contribution in [2.24, 2.45) is 5.73 Å². The van der Waals surface area contributed by atoms with Crippen LogP contribution in [0.25, 0.3) is 10.1 Å². The average molecular weight is 279 g/mol. The number of amides is 1. The van der Waals surface area contributed by atoms with E-state index in [1.807, 2.05) is 6.92 Å². The molecule has 2 rings (SSSR count). The third-order valence-corrected chi connectivity index (χ3v) is 3.78. The first-order chi connectivity index (χ1) is 9.01. The molecule has 0 aliphatic rings. The van der Waals surface area contributed by atoms with Crippen LogP contribution in [0.1, 0.15) is 16.6 Å². The van der Waals surface area contributed by atoms with E-state index < -0.39 is 4.92 Å². The Morgan fingerprint density at radius 1 is 1.53 bits per heavy atom. The molecule has 1 atom stereocenters. The number of nitrogens with two attached hydrogens (primary N) is 1. The number of carbonyl (C=O) groups is 1. The van der Waals surface area contributed by atoms with Gasteiger partial charge < -0.3 is 11.1 Å². The van der Waals surface area contributed by atoms with E-state index in [9.17, 15) is 14.9 Å². The monoisotopic (exact) mass is 279 g/mol. The minimum absolute atomic E-state index is 0.0209. The summed E-state index contributed by atoms with van der Waals surface area (Å²) in [5.41, 5.74) is 5.46. The lowest BCUT2D eigenvalue weighted by molar-refractivity contribution is -0.384. The van der Waals surface area contributed by atoms with Gasteiger partial charge in [0, 0.05) is 34.8 Å². The Hall–Kier alpha value is -1.99. The predicted octanol–water partition coefficient (Wildman–Crippen LogP) is 1.89. The van der Waals surface area contributed by atoms with Gasteiger partial charge in [-0.2, -0.15) is 0 Å². The summed E-state index contributed by atoms with van der Waals surface area (Å²) in [5.74, 6) is -0.207. The molecule has 0 bridgehead atoms. The molecule has 100 valence electrons. The van der Waals surface area contributed by atoms with Crippen LogP contribution in [0.15, 0.2) is 24.3 Å². The quantitative estimate of drug-likeness (QED) is 0.659. The number of fused-ring (bicyclic) bond motifs is 1. The lowest BCUT2D eigenvalue weighted by atomic mass is 10.2. The van der Waals surface area contributed by atoms with E-state index in [-0.39, 0.29) is 17.6 Å². The Morgan fingerprint density at radius 3 is 2.89 bits per heavy atom. The summed E-state index contributed by atoms with van der Waals surface area (Å²) in [7, 11) is 0. The second-order valence-electron chi connectivity index (χ2n) is 4.20. The number of carbonyl (C=O) groups excluding carboxylic acids is 1. The third kappa shape index (κ3) is 2.88. The van der Waals surface area contributed by atoms with Gasteiger partial charge in [-0.15, -0.1) is 11.3 Å². The highest BCUT2D eigenvalue weighted by molar-refractivity contribution is 7.20. The van der Waals surface area contributed by atoms with Crippen molar-refractivity contribution >= 4 is 33.0 Å². The lowest BCUT2D eigenvalue weighted by Crippen LogP contribution is -2.37. The molecule has 0 fully saturated rings. The summed E-state index contributed by atoms with van der Waals surface area (Å²) < 4.78 is 0.844. The van der Waals surface area contributed by atoms with E-state index in [1.54, 1.807) is 12.1 Å². The van der Waals surface area contributed by atoms with Gasteiger partial charge in [0.1, 0.15) is 0 Å². The second kappa shape index (κ2) is 5.33. The minimum atomic E-state index is -0.451. The standard InChI is InChI=1S/C12H13N3O3S/c1-7(6-13)14-12(16)11-5-8-4-9(15(17)18)2-3-10(8)19-11/h2-5,7H,6,13H2,1H3,(H,14,16)/t7-/m0/s1. The fourth-order valence-electron chi connectivity index (χ4n) is 1.61. The van der Waals surface area contributed by atoms with Gasteiger partial charge in [-0.05, 0) is 19.1 Å². The number of nitrogens with one attached hydrogen (secondary N) is 1. The highest BCUT2D eigenvalue weighted by Gasteiger charge is 2.14. The molecule has 3 N–H and O–H groups in total. The predicted molar refractivity (Wildman–Crippen MR) is 74.5 cm³/mol. The molecule has 0 aliphatic heterocycles. The highest BCUT2D eigenvalue weighted by atomic mass is 32.1. The van der Waals surface area contributed by atoms with Gasteiger partial charge in [0.05, 0.1) is 9.80 Å². The number of thiophene rings is 1. The van der Waals surface area contributed by atoms with Crippen molar-refractivity contribution in [3.8, 4) is 0 Å². The maximum atomic E-state index is 11.9. The van der Waals surface area contributed by atoms with Crippen LogP contribution in [0.2, 0.25) is 0 Å². The van der Waals surface area contributed by atoms with E-state index >= 15 is 0 Å². The summed E-state index contributed by atoms with van der Waals surface area (Å²) in [6.07, 6.45) is 0. The van der Waals surface area contributed by atoms with Crippen molar-refractivity contribution in [1.29, 1.82) is 0 Å². The molecule has 1 aromatic carbocycles. The molecule has 6 nitrogen and oxygen atoms in total. The van der Waals surface area contributed by atoms with Gasteiger partial charge in [-0.3, -0.25) is 14.9 Å². The van der Waals surface area contributed by atoms with Crippen LogP contribution < -0.4 is 11.1 Å². The molecule has 0 spiro atoms. The van der Waals surface area contributed by atoms with E-state index in [0.29, 0.717) is 16.8 Å². The SMILES string of the molecule is C[C@@H](CN)NC(=O)c1cc2cc([N+](=O)[O-])ccc2s1. The van der Waals surface area contributed by atoms with Gasteiger partial charge in [0.15, 0.2) is 0 Å². The number of benzene rings is 1. The Morgan fingerprint density at radius 2 is 2.26 bits per heavy atom. The van der Waals surface area contributed by atoms with Gasteiger partial charge in [0.2, 0.25) is 0 Å². The molecule has 19 heavy (non-hydrogen) atoms. The molecule has 1 aromatic heterocycles. The van der Waals surface area contributed by atoms with Gasteiger partial charge in [-0.25, -0.2) is 0 Å². The molecule has 0 unspecified atom stereocenters. The highest BCUT2D eigenvalue weighted by Crippen LogP contribution is 2.28. The zero-order valence-corrected chi connectivity index (χ0v) is 11.1. The Kier molecular flexibility index (Phi) is 3.77. The lowest BCUT2D eigenvalue weighted by Gasteiger charge is -2.09. The van der Waals surface area contributed by atoms with Crippen molar-refractivity contribution in [2.45, 2.75) is 13.0 Å². The van der Waals surface area contributed by atoms with Gasteiger partial charge >= 0.3 is 0 Å². The van der Waals surface area contributed by atoms with Gasteiger partial charge in [-0.1, -0.05) is 0 Å². The zero-order chi connectivity index (χ0) is 14.0. The first-order valence-corrected chi connectivity index (χ1v) is 6.52. The number of rotatable bonds is 4. The fourth-order valence-corrected chi connectivity index (χ4v) is 2.56. The van der Waals surface area contributed by atoms with Crippen LogP contribution in [-0.4, -0.2) is 23.4 Å². The van der Waals surface area contributed by atoms with Crippen molar-refractivity contribution in [3.63, 3.8) is 0 Å². The number of hydrogen-bond acceptors (Lipinski definition) is 5. The normalized spacial score (nSPS) is 12.3. The van der Waals surface area contributed by atoms with Crippen LogP contribution in [0.4, 0.5) is 5.69 Å². The first kappa shape index (κ1) is 13.4. The van der Waals surface area contributed by atoms with E-state index in [2.05, 4.69) is 5.32 Å². The van der Waals surface area contributed by atoms with E-state index in [1.165, 1.54) is 23.5 Å². The summed E-state index contributed by atoms with van der Waals surface area (Å²) in [6.45, 7) is 2.18. The topological polar surface area (TPSA) is 98.3 Å². The number of non-ortho nitro benzene ring substituents is 1. The van der Waals surface area contributed by atoms with Crippen LogP contribution >= 0.6 is 11.3 Å². The summed E-state index contributed by atoms with van der Waals surface area (Å²) >= 11 is 1.30. The van der Waals surface area contributed by atoms with Crippen molar-refractivity contribution in [1.82, 2.24) is 5.32 Å². The molecule has 7 heteroatoms. The maximum absolute atomic E-state index is 11.9. The largest absolute Gasteiger partial charge is 0.348 e. The van der Waals surface area contributed by atoms with Crippen molar-refractivity contribution in [3.05, 3.63) is 39.3 Å². The smallest absolute Gasteiger partial charge is 0.270 e. The molecule has 0 radical (unpaired) electrons. The molecular formula is C12H13N3O3S. The Balaban J connectivity index is 2.31. The summed E-state index contributed by atoms with van der Waals surface area (Å²) in [6, 6.07) is 6.11. The molecule has 0 saturated heterocycles. The minimum Gasteiger partial charge on any atom is -0.348 e. The van der Waals surface area contributed by atoms with E-state index in [0.717, 1.165) is 4.70 Å². The number of hydrogen-bond donors (Lipinski definition) is 2. The van der Waals surface area contributed by atoms with Crippen molar-refractivity contribution < 1.29 is 9.72 Å². The average Bonchev–Trinajstić information content (AvgIpc) is 2.81. The second-order valence-corrected chi connectivity index (χ2v) is 5.28. The van der Waals surface area contributed by atoms with Crippen LogP contribution in [0.5, 0.6) is 0 Å². The molecule has 0 saturated carbocycles. The zero-order valence-electron chi connectivity index (χ0n) is 10.3. The molecule has 2 aromatic rings. The third-order valence-electron chi connectivity index (χ3n) is 2.67. The number of nitro groups is 1. The van der Waals surface area contributed by atoms with E-state index in [4.69, 9.17) is 5.73 Å². The molecule has 1 heterocycles. The maximum Gasteiger partial charge on any atom is 0.270 e. The number of nitro benzene ring substituents is 1. The Labute approximate surface area is 113 Å². The van der Waals surface area contributed by atoms with Gasteiger partial charge in [0.25, 0.3) is 11.6 Å². The summed E-state index contributed by atoms with van der Waals surface area (Å²) in [4.78, 5) is 22.7. The van der Waals surface area contributed by atoms with Crippen LogP contribution in [-0.2, 0) is 0 Å². The first-order valence-electron chi connectivity index (χ1n) is 5.70.